The molecule has 2 rings (SSSR count). The van der Waals surface area contributed by atoms with Crippen molar-refractivity contribution in [3.8, 4) is 0 Å². The first-order chi connectivity index (χ1) is 7.97. The molecule has 1 aromatic heterocycles. The summed E-state index contributed by atoms with van der Waals surface area (Å²) >= 11 is 15.4. The van der Waals surface area contributed by atoms with Crippen LogP contribution in [-0.4, -0.2) is 11.1 Å². The number of hydrogen-bond acceptors (Lipinski definition) is 2. The molecule has 1 N–H and O–H groups in total. The molecule has 90 valence electrons. The smallest absolute Gasteiger partial charge is 0.372 e. The van der Waals surface area contributed by atoms with E-state index in [0.717, 1.165) is 0 Å². The van der Waals surface area contributed by atoms with Gasteiger partial charge in [0.2, 0.25) is 5.76 Å². The minimum atomic E-state index is -1.12. The molecule has 0 aliphatic rings. The summed E-state index contributed by atoms with van der Waals surface area (Å²) in [5, 5.41) is 10.4. The maximum atomic E-state index is 11.1. The Hall–Kier alpha value is -0.710. The maximum Gasteiger partial charge on any atom is 0.372 e. The van der Waals surface area contributed by atoms with Crippen LogP contribution in [0.4, 0.5) is 0 Å². The van der Waals surface area contributed by atoms with Gasteiger partial charge in [0.15, 0.2) is 5.58 Å². The van der Waals surface area contributed by atoms with Crippen LogP contribution in [0.2, 0.25) is 10.0 Å². The van der Waals surface area contributed by atoms with Crippen LogP contribution in [0, 0.1) is 0 Å². The van der Waals surface area contributed by atoms with Crippen molar-refractivity contribution in [3.05, 3.63) is 31.9 Å². The van der Waals surface area contributed by atoms with Crippen molar-refractivity contribution in [1.82, 2.24) is 0 Å². The summed E-state index contributed by atoms with van der Waals surface area (Å²) in [6.07, 6.45) is 0.501. The second kappa shape index (κ2) is 4.52. The molecule has 0 saturated carbocycles. The summed E-state index contributed by atoms with van der Waals surface area (Å²) in [4.78, 5) is 11.1. The zero-order valence-corrected chi connectivity index (χ0v) is 11.8. The Kier molecular flexibility index (Phi) is 3.39. The van der Waals surface area contributed by atoms with E-state index in [2.05, 4.69) is 15.9 Å². The zero-order valence-electron chi connectivity index (χ0n) is 8.68. The lowest BCUT2D eigenvalue weighted by Gasteiger charge is -2.01. The zero-order chi connectivity index (χ0) is 12.7. The van der Waals surface area contributed by atoms with Gasteiger partial charge in [0, 0.05) is 15.4 Å². The first kappa shape index (κ1) is 12.7. The molecule has 0 atom stereocenters. The van der Waals surface area contributed by atoms with Gasteiger partial charge in [-0.1, -0.05) is 30.1 Å². The van der Waals surface area contributed by atoms with Gasteiger partial charge >= 0.3 is 5.97 Å². The number of carboxylic acid groups (broad SMARTS) is 1. The molecule has 6 heteroatoms. The van der Waals surface area contributed by atoms with Gasteiger partial charge in [-0.2, -0.15) is 0 Å². The molecule has 0 unspecified atom stereocenters. The third-order valence-corrected chi connectivity index (χ3v) is 3.98. The highest BCUT2D eigenvalue weighted by molar-refractivity contribution is 9.10. The van der Waals surface area contributed by atoms with Crippen LogP contribution in [0.25, 0.3) is 11.0 Å². The maximum absolute atomic E-state index is 11.1. The van der Waals surface area contributed by atoms with E-state index in [0.29, 0.717) is 37.5 Å². The molecule has 17 heavy (non-hydrogen) atoms. The quantitative estimate of drug-likeness (QED) is 0.803. The number of halogens is 3. The van der Waals surface area contributed by atoms with E-state index in [-0.39, 0.29) is 5.76 Å². The predicted molar refractivity (Wildman–Crippen MR) is 70.3 cm³/mol. The number of carbonyl (C=O) groups is 1. The fourth-order valence-electron chi connectivity index (χ4n) is 1.74. The topological polar surface area (TPSA) is 50.4 Å². The Morgan fingerprint density at radius 1 is 1.53 bits per heavy atom. The number of fused-ring (bicyclic) bond motifs is 1. The highest BCUT2D eigenvalue weighted by Gasteiger charge is 2.23. The second-order valence-corrected chi connectivity index (χ2v) is 5.07. The molecule has 3 nitrogen and oxygen atoms in total. The van der Waals surface area contributed by atoms with Crippen LogP contribution >= 0.6 is 39.1 Å². The molecular weight excluding hydrogens is 331 g/mol. The van der Waals surface area contributed by atoms with Gasteiger partial charge in [-0.05, 0) is 28.4 Å². The largest absolute Gasteiger partial charge is 0.475 e. The van der Waals surface area contributed by atoms with E-state index in [1.165, 1.54) is 0 Å². The third-order valence-electron chi connectivity index (χ3n) is 2.45. The standard InChI is InChI=1S/C11H7BrCl2O3/c1-2-4-7-8(14)5(12)3-6(13)10(7)17-9(4)11(15)16/h3H,2H2,1H3,(H,15,16). The van der Waals surface area contributed by atoms with E-state index in [1.54, 1.807) is 6.07 Å². The number of benzene rings is 1. The van der Waals surface area contributed by atoms with Crippen LogP contribution in [0.3, 0.4) is 0 Å². The number of carboxylic acids is 1. The van der Waals surface area contributed by atoms with Gasteiger partial charge in [-0.25, -0.2) is 4.79 Å². The lowest BCUT2D eigenvalue weighted by molar-refractivity contribution is 0.0663. The highest BCUT2D eigenvalue weighted by atomic mass is 79.9. The van der Waals surface area contributed by atoms with Crippen LogP contribution in [0.15, 0.2) is 15.0 Å². The first-order valence-electron chi connectivity index (χ1n) is 4.79. The van der Waals surface area contributed by atoms with Gasteiger partial charge in [0.25, 0.3) is 0 Å². The van der Waals surface area contributed by atoms with Crippen LogP contribution in [0.5, 0.6) is 0 Å². The normalized spacial score (nSPS) is 11.1. The monoisotopic (exact) mass is 336 g/mol. The summed E-state index contributed by atoms with van der Waals surface area (Å²) in [6.45, 7) is 1.84. The molecule has 0 fully saturated rings. The molecule has 0 radical (unpaired) electrons. The van der Waals surface area contributed by atoms with E-state index in [4.69, 9.17) is 32.7 Å². The molecule has 0 aliphatic carbocycles. The number of hydrogen-bond donors (Lipinski definition) is 1. The van der Waals surface area contributed by atoms with Crippen LogP contribution in [0.1, 0.15) is 23.0 Å². The van der Waals surface area contributed by atoms with Crippen molar-refractivity contribution in [3.63, 3.8) is 0 Å². The van der Waals surface area contributed by atoms with Gasteiger partial charge in [-0.3, -0.25) is 0 Å². The Labute approximate surface area is 115 Å². The number of aryl methyl sites for hydroxylation is 1. The van der Waals surface area contributed by atoms with E-state index in [1.807, 2.05) is 6.92 Å². The molecule has 0 aliphatic heterocycles. The Morgan fingerprint density at radius 3 is 2.71 bits per heavy atom. The summed E-state index contributed by atoms with van der Waals surface area (Å²) in [6, 6.07) is 1.58. The van der Waals surface area contributed by atoms with Crippen molar-refractivity contribution >= 4 is 56.1 Å². The first-order valence-corrected chi connectivity index (χ1v) is 6.34. The van der Waals surface area contributed by atoms with Gasteiger partial charge in [-0.15, -0.1) is 0 Å². The van der Waals surface area contributed by atoms with Crippen molar-refractivity contribution in [2.45, 2.75) is 13.3 Å². The van der Waals surface area contributed by atoms with Crippen LogP contribution < -0.4 is 0 Å². The molecule has 0 spiro atoms. The SMILES string of the molecule is CCc1c(C(=O)O)oc2c(Cl)cc(Br)c(Cl)c12. The summed E-state index contributed by atoms with van der Waals surface area (Å²) < 4.78 is 5.90. The highest BCUT2D eigenvalue weighted by Crippen LogP contribution is 2.40. The molecule has 0 saturated heterocycles. The predicted octanol–water partition coefficient (Wildman–Crippen LogP) is 4.76. The minimum absolute atomic E-state index is 0.107. The fourth-order valence-corrected chi connectivity index (χ4v) is 2.79. The summed E-state index contributed by atoms with van der Waals surface area (Å²) in [5.74, 6) is -1.23. The Morgan fingerprint density at radius 2 is 2.18 bits per heavy atom. The summed E-state index contributed by atoms with van der Waals surface area (Å²) in [7, 11) is 0. The van der Waals surface area contributed by atoms with Crippen molar-refractivity contribution in [2.75, 3.05) is 0 Å². The van der Waals surface area contributed by atoms with Crippen molar-refractivity contribution < 1.29 is 14.3 Å². The van der Waals surface area contributed by atoms with Crippen molar-refractivity contribution in [2.24, 2.45) is 0 Å². The third kappa shape index (κ3) is 1.94. The summed E-state index contributed by atoms with van der Waals surface area (Å²) in [5.41, 5.74) is 0.870. The lowest BCUT2D eigenvalue weighted by Crippen LogP contribution is -1.97. The lowest BCUT2D eigenvalue weighted by atomic mass is 10.1. The number of rotatable bonds is 2. The minimum Gasteiger partial charge on any atom is -0.475 e. The average Bonchev–Trinajstić information content (AvgIpc) is 2.65. The second-order valence-electron chi connectivity index (χ2n) is 3.43. The fraction of sp³-hybridized carbons (Fsp3) is 0.182. The molecule has 0 amide bonds. The van der Waals surface area contributed by atoms with E-state index >= 15 is 0 Å². The van der Waals surface area contributed by atoms with Gasteiger partial charge in [0.1, 0.15) is 0 Å². The van der Waals surface area contributed by atoms with E-state index in [9.17, 15) is 4.79 Å². The molecule has 1 aromatic carbocycles. The molecule has 1 heterocycles. The Bertz CT molecular complexity index is 619. The molecule has 2 aromatic rings. The molecule has 0 bridgehead atoms. The van der Waals surface area contributed by atoms with Gasteiger partial charge < -0.3 is 9.52 Å². The van der Waals surface area contributed by atoms with Crippen LogP contribution in [-0.2, 0) is 6.42 Å². The van der Waals surface area contributed by atoms with E-state index < -0.39 is 5.97 Å². The molecular formula is C11H7BrCl2O3. The van der Waals surface area contributed by atoms with Crippen molar-refractivity contribution in [1.29, 1.82) is 0 Å². The van der Waals surface area contributed by atoms with Gasteiger partial charge in [0.05, 0.1) is 10.0 Å². The Balaban J connectivity index is 2.97. The number of aromatic carboxylic acids is 1. The average molecular weight is 338 g/mol. The number of furan rings is 1.